The van der Waals surface area contributed by atoms with E-state index < -0.39 is 35.4 Å². The van der Waals surface area contributed by atoms with Crippen LogP contribution in [0.15, 0.2) is 48.5 Å². The Bertz CT molecular complexity index is 1100. The van der Waals surface area contributed by atoms with Gasteiger partial charge in [0.2, 0.25) is 5.91 Å². The van der Waals surface area contributed by atoms with Crippen molar-refractivity contribution in [3.63, 3.8) is 0 Å². The number of alkyl carbamates (subject to hydrolysis) is 1. The Morgan fingerprint density at radius 1 is 1.03 bits per heavy atom. The van der Waals surface area contributed by atoms with Crippen LogP contribution in [0.2, 0.25) is 0 Å². The number of rotatable bonds is 10. The molecule has 9 heteroatoms. The molecule has 0 aromatic heterocycles. The van der Waals surface area contributed by atoms with Gasteiger partial charge in [-0.3, -0.25) is 9.59 Å². The van der Waals surface area contributed by atoms with Gasteiger partial charge in [-0.25, -0.2) is 9.59 Å². The minimum absolute atomic E-state index is 0.0405. The molecule has 0 heterocycles. The van der Waals surface area contributed by atoms with Gasteiger partial charge < -0.3 is 25.2 Å². The predicted molar refractivity (Wildman–Crippen MR) is 126 cm³/mol. The molecule has 2 aromatic rings. The maximum Gasteiger partial charge on any atom is 0.407 e. The van der Waals surface area contributed by atoms with Gasteiger partial charge in [-0.2, -0.15) is 0 Å². The summed E-state index contributed by atoms with van der Waals surface area (Å²) >= 11 is 0. The van der Waals surface area contributed by atoms with Crippen molar-refractivity contribution in [2.24, 2.45) is 5.41 Å². The van der Waals surface area contributed by atoms with Crippen molar-refractivity contribution in [2.45, 2.75) is 37.6 Å². The van der Waals surface area contributed by atoms with Gasteiger partial charge in [0.25, 0.3) is 0 Å². The molecule has 1 saturated carbocycles. The summed E-state index contributed by atoms with van der Waals surface area (Å²) in [6.07, 6.45) is 0.200. The molecular weight excluding hydrogens is 452 g/mol. The van der Waals surface area contributed by atoms with E-state index in [0.717, 1.165) is 22.3 Å². The monoisotopic (exact) mass is 480 g/mol. The van der Waals surface area contributed by atoms with Crippen LogP contribution in [-0.2, 0) is 23.9 Å². The smallest absolute Gasteiger partial charge is 0.407 e. The van der Waals surface area contributed by atoms with E-state index in [1.165, 1.54) is 7.11 Å². The summed E-state index contributed by atoms with van der Waals surface area (Å²) in [6, 6.07) is 14.8. The van der Waals surface area contributed by atoms with Gasteiger partial charge in [0.05, 0.1) is 12.5 Å². The predicted octanol–water partition coefficient (Wildman–Crippen LogP) is 2.83. The highest BCUT2D eigenvalue weighted by atomic mass is 16.5. The van der Waals surface area contributed by atoms with Gasteiger partial charge in [0.15, 0.2) is 0 Å². The number of hydrogen-bond donors (Lipinski definition) is 3. The summed E-state index contributed by atoms with van der Waals surface area (Å²) in [5, 5.41) is 14.5. The van der Waals surface area contributed by atoms with Gasteiger partial charge >= 0.3 is 18.0 Å². The second-order valence-electron chi connectivity index (χ2n) is 8.94. The van der Waals surface area contributed by atoms with E-state index in [0.29, 0.717) is 12.8 Å². The molecule has 0 unspecified atom stereocenters. The highest BCUT2D eigenvalue weighted by Gasteiger charge is 2.50. The molecule has 1 fully saturated rings. The molecule has 2 aliphatic rings. The fourth-order valence-corrected chi connectivity index (χ4v) is 4.46. The number of esters is 1. The SMILES string of the molecule is COC(=O)CC[C@H](NC(=O)C1(CNC(=O)OCC2c3ccccc3-c3ccccc32)CC1)C(=O)O. The number of carbonyl (C=O) groups is 4. The summed E-state index contributed by atoms with van der Waals surface area (Å²) in [5.74, 6) is -2.32. The molecule has 0 saturated heterocycles. The number of nitrogens with one attached hydrogen (secondary N) is 2. The summed E-state index contributed by atoms with van der Waals surface area (Å²) in [7, 11) is 1.21. The Kier molecular flexibility index (Phi) is 7.04. The van der Waals surface area contributed by atoms with Crippen molar-refractivity contribution >= 4 is 23.9 Å². The maximum atomic E-state index is 12.7. The van der Waals surface area contributed by atoms with Crippen LogP contribution in [0.3, 0.4) is 0 Å². The molecular formula is C26H28N2O7. The van der Waals surface area contributed by atoms with Gasteiger partial charge in [0, 0.05) is 18.9 Å². The van der Waals surface area contributed by atoms with Crippen LogP contribution < -0.4 is 10.6 Å². The van der Waals surface area contributed by atoms with Gasteiger partial charge in [0.1, 0.15) is 12.6 Å². The lowest BCUT2D eigenvalue weighted by Gasteiger charge is -2.20. The van der Waals surface area contributed by atoms with Crippen molar-refractivity contribution < 1.29 is 33.8 Å². The second-order valence-corrected chi connectivity index (χ2v) is 8.94. The van der Waals surface area contributed by atoms with Crippen molar-refractivity contribution in [2.75, 3.05) is 20.3 Å². The molecule has 9 nitrogen and oxygen atoms in total. The Labute approximate surface area is 202 Å². The van der Waals surface area contributed by atoms with Gasteiger partial charge in [-0.05, 0) is 41.5 Å². The molecule has 35 heavy (non-hydrogen) atoms. The molecule has 0 radical (unpaired) electrons. The van der Waals surface area contributed by atoms with Crippen molar-refractivity contribution in [1.82, 2.24) is 10.6 Å². The normalized spacial score (nSPS) is 15.8. The Hall–Kier alpha value is -3.88. The molecule has 2 aromatic carbocycles. The van der Waals surface area contributed by atoms with Gasteiger partial charge in [-0.1, -0.05) is 48.5 Å². The van der Waals surface area contributed by atoms with Crippen LogP contribution in [0.4, 0.5) is 4.79 Å². The summed E-state index contributed by atoms with van der Waals surface area (Å²) in [4.78, 5) is 48.0. The number of ether oxygens (including phenoxy) is 2. The van der Waals surface area contributed by atoms with E-state index in [9.17, 15) is 24.3 Å². The summed E-state index contributed by atoms with van der Waals surface area (Å²) in [6.45, 7) is 0.201. The maximum absolute atomic E-state index is 12.7. The molecule has 0 spiro atoms. The average molecular weight is 481 g/mol. The van der Waals surface area contributed by atoms with Crippen molar-refractivity contribution in [3.8, 4) is 11.1 Å². The Balaban J connectivity index is 1.30. The van der Waals surface area contributed by atoms with E-state index >= 15 is 0 Å². The van der Waals surface area contributed by atoms with E-state index in [-0.39, 0.29) is 31.9 Å². The van der Waals surface area contributed by atoms with E-state index in [1.54, 1.807) is 0 Å². The number of aliphatic carboxylic acids is 1. The number of carboxylic acids is 1. The standard InChI is InChI=1S/C26H28N2O7/c1-34-22(29)11-10-21(23(30)31)28-24(32)26(12-13-26)15-27-25(33)35-14-20-18-8-4-2-6-16(18)17-7-3-5-9-19(17)20/h2-9,20-21H,10-15H2,1H3,(H,27,33)(H,28,32)(H,30,31)/t21-/m0/s1. The highest BCUT2D eigenvalue weighted by molar-refractivity contribution is 5.90. The zero-order valence-electron chi connectivity index (χ0n) is 19.4. The van der Waals surface area contributed by atoms with Crippen LogP contribution >= 0.6 is 0 Å². The van der Waals surface area contributed by atoms with Crippen LogP contribution in [-0.4, -0.2) is 55.3 Å². The number of carbonyl (C=O) groups excluding carboxylic acids is 3. The van der Waals surface area contributed by atoms with Crippen molar-refractivity contribution in [3.05, 3.63) is 59.7 Å². The molecule has 4 rings (SSSR count). The third-order valence-electron chi connectivity index (χ3n) is 6.72. The Morgan fingerprint density at radius 2 is 1.63 bits per heavy atom. The van der Waals surface area contributed by atoms with Crippen LogP contribution in [0.25, 0.3) is 11.1 Å². The molecule has 2 aliphatic carbocycles. The number of hydrogen-bond acceptors (Lipinski definition) is 6. The van der Waals surface area contributed by atoms with Crippen LogP contribution in [0, 0.1) is 5.41 Å². The number of carboxylic acid groups (broad SMARTS) is 1. The fourth-order valence-electron chi connectivity index (χ4n) is 4.46. The summed E-state index contributed by atoms with van der Waals surface area (Å²) < 4.78 is 10.0. The molecule has 3 N–H and O–H groups in total. The quantitative estimate of drug-likeness (QED) is 0.446. The van der Waals surface area contributed by atoms with E-state index in [4.69, 9.17) is 4.74 Å². The molecule has 184 valence electrons. The first-order valence-corrected chi connectivity index (χ1v) is 11.5. The van der Waals surface area contributed by atoms with Gasteiger partial charge in [-0.15, -0.1) is 0 Å². The molecule has 1 atom stereocenters. The highest BCUT2D eigenvalue weighted by Crippen LogP contribution is 2.46. The second kappa shape index (κ2) is 10.2. The zero-order chi connectivity index (χ0) is 25.0. The first-order valence-electron chi connectivity index (χ1n) is 11.5. The molecule has 0 aliphatic heterocycles. The third kappa shape index (κ3) is 5.29. The number of benzene rings is 2. The number of fused-ring (bicyclic) bond motifs is 3. The Morgan fingerprint density at radius 3 is 2.17 bits per heavy atom. The topological polar surface area (TPSA) is 131 Å². The summed E-state index contributed by atoms with van der Waals surface area (Å²) in [5.41, 5.74) is 3.60. The molecule has 0 bridgehead atoms. The van der Waals surface area contributed by atoms with Crippen LogP contribution in [0.5, 0.6) is 0 Å². The average Bonchev–Trinajstić information content (AvgIpc) is 3.60. The molecule has 2 amide bonds. The lowest BCUT2D eigenvalue weighted by Crippen LogP contribution is -2.47. The first kappa shape index (κ1) is 24.3. The lowest BCUT2D eigenvalue weighted by molar-refractivity contribution is -0.144. The third-order valence-corrected chi connectivity index (χ3v) is 6.72. The zero-order valence-corrected chi connectivity index (χ0v) is 19.4. The van der Waals surface area contributed by atoms with Crippen LogP contribution in [0.1, 0.15) is 42.7 Å². The number of amides is 2. The first-order chi connectivity index (χ1) is 16.8. The lowest BCUT2D eigenvalue weighted by atomic mass is 9.98. The minimum Gasteiger partial charge on any atom is -0.480 e. The largest absolute Gasteiger partial charge is 0.480 e. The fraction of sp³-hybridized carbons (Fsp3) is 0.385. The van der Waals surface area contributed by atoms with E-state index in [2.05, 4.69) is 27.5 Å². The van der Waals surface area contributed by atoms with E-state index in [1.807, 2.05) is 36.4 Å². The minimum atomic E-state index is -1.23. The number of methoxy groups -OCH3 is 1. The van der Waals surface area contributed by atoms with Crippen molar-refractivity contribution in [1.29, 1.82) is 0 Å².